The molecule has 3 aromatic rings. The zero-order valence-corrected chi connectivity index (χ0v) is 20.9. The zero-order chi connectivity index (χ0) is 23.8. The fourth-order valence-corrected chi connectivity index (χ4v) is 5.92. The number of hydrogen-bond acceptors (Lipinski definition) is 3. The van der Waals surface area contributed by atoms with Crippen LogP contribution in [0.5, 0.6) is 5.75 Å². The quantitative estimate of drug-likeness (QED) is 0.511. The van der Waals surface area contributed by atoms with Crippen LogP contribution >= 0.6 is 0 Å². The molecule has 180 valence electrons. The third kappa shape index (κ3) is 4.70. The molecule has 1 saturated heterocycles. The molecular formula is C29H37N3O2. The lowest BCUT2D eigenvalue weighted by atomic mass is 9.82. The number of hydrogen-bond donors (Lipinski definition) is 1. The van der Waals surface area contributed by atoms with Gasteiger partial charge in [0.05, 0.1) is 17.6 Å². The molecule has 2 aliphatic heterocycles. The molecule has 1 aromatic heterocycles. The van der Waals surface area contributed by atoms with Crippen molar-refractivity contribution in [2.45, 2.75) is 65.8 Å². The van der Waals surface area contributed by atoms with Gasteiger partial charge in [0.25, 0.3) is 0 Å². The largest absolute Gasteiger partial charge is 0.493 e. The molecule has 2 aliphatic rings. The highest BCUT2D eigenvalue weighted by Crippen LogP contribution is 2.35. The number of carbonyl (C=O) groups is 1. The zero-order valence-electron chi connectivity index (χ0n) is 20.9. The second-order valence-corrected chi connectivity index (χ2v) is 10.7. The molecule has 0 aliphatic carbocycles. The molecule has 0 radical (unpaired) electrons. The second kappa shape index (κ2) is 9.44. The molecule has 0 bridgehead atoms. The van der Waals surface area contributed by atoms with Crippen molar-refractivity contribution in [2.24, 2.45) is 17.8 Å². The van der Waals surface area contributed by atoms with Crippen LogP contribution < -0.4 is 4.74 Å². The van der Waals surface area contributed by atoms with Crippen molar-refractivity contribution in [2.75, 3.05) is 13.2 Å². The molecule has 1 amide bonds. The van der Waals surface area contributed by atoms with Crippen LogP contribution in [0, 0.1) is 24.7 Å². The van der Waals surface area contributed by atoms with Crippen LogP contribution in [0.15, 0.2) is 36.4 Å². The number of nitrogens with one attached hydrogen (secondary N) is 1. The Labute approximate surface area is 202 Å². The highest BCUT2D eigenvalue weighted by atomic mass is 16.5. The van der Waals surface area contributed by atoms with Gasteiger partial charge in [-0.2, -0.15) is 0 Å². The van der Waals surface area contributed by atoms with Gasteiger partial charge in [-0.1, -0.05) is 26.0 Å². The number of nitrogens with zero attached hydrogens (tertiary/aromatic N) is 2. The first-order valence-corrected chi connectivity index (χ1v) is 12.9. The maximum absolute atomic E-state index is 13.2. The van der Waals surface area contributed by atoms with Gasteiger partial charge in [0.2, 0.25) is 5.91 Å². The standard InChI is InChI=1S/C29H37N3O2/c1-18-9-11-32(20(3)13-18)29(33)17-22-10-12-34-28-8-6-23(15-25(28)14-19(22)2)24-5-7-26-27(16-24)31-21(4)30-26/h5-8,15-16,18-20,22H,9-14,17H2,1-4H3,(H,30,31). The fourth-order valence-electron chi connectivity index (χ4n) is 5.92. The monoisotopic (exact) mass is 459 g/mol. The summed E-state index contributed by atoms with van der Waals surface area (Å²) in [4.78, 5) is 23.2. The Kier molecular flexibility index (Phi) is 6.37. The van der Waals surface area contributed by atoms with Gasteiger partial charge in [-0.15, -0.1) is 0 Å². The Morgan fingerprint density at radius 3 is 2.74 bits per heavy atom. The summed E-state index contributed by atoms with van der Waals surface area (Å²) in [6.45, 7) is 10.4. The number of benzene rings is 2. The Morgan fingerprint density at radius 2 is 1.91 bits per heavy atom. The molecule has 0 spiro atoms. The lowest BCUT2D eigenvalue weighted by molar-refractivity contribution is -0.136. The molecule has 2 aromatic carbocycles. The SMILES string of the molecule is Cc1nc2ccc(-c3ccc4c(c3)CC(C)C(CC(=O)N3CCC(C)CC3C)CCO4)cc2[nH]1. The highest BCUT2D eigenvalue weighted by molar-refractivity contribution is 5.82. The molecule has 5 nitrogen and oxygen atoms in total. The molecule has 5 rings (SSSR count). The smallest absolute Gasteiger partial charge is 0.223 e. The van der Waals surface area contributed by atoms with Gasteiger partial charge in [0, 0.05) is 19.0 Å². The summed E-state index contributed by atoms with van der Waals surface area (Å²) in [6.07, 6.45) is 4.74. The molecule has 34 heavy (non-hydrogen) atoms. The lowest BCUT2D eigenvalue weighted by Crippen LogP contribution is -2.45. The summed E-state index contributed by atoms with van der Waals surface area (Å²) in [5, 5.41) is 0. The van der Waals surface area contributed by atoms with E-state index in [1.54, 1.807) is 0 Å². The maximum atomic E-state index is 13.2. The average molecular weight is 460 g/mol. The van der Waals surface area contributed by atoms with E-state index in [2.05, 4.69) is 72.0 Å². The minimum atomic E-state index is 0.328. The molecule has 4 atom stereocenters. The summed E-state index contributed by atoms with van der Waals surface area (Å²) in [5.74, 6) is 3.74. The summed E-state index contributed by atoms with van der Waals surface area (Å²) in [6, 6.07) is 13.3. The molecular weight excluding hydrogens is 422 g/mol. The van der Waals surface area contributed by atoms with E-state index in [-0.39, 0.29) is 0 Å². The van der Waals surface area contributed by atoms with E-state index in [9.17, 15) is 4.79 Å². The number of piperidine rings is 1. The number of aromatic amines is 1. The van der Waals surface area contributed by atoms with Crippen LogP contribution in [-0.2, 0) is 11.2 Å². The highest BCUT2D eigenvalue weighted by Gasteiger charge is 2.30. The van der Waals surface area contributed by atoms with Crippen molar-refractivity contribution in [3.05, 3.63) is 47.8 Å². The number of imidazole rings is 1. The van der Waals surface area contributed by atoms with Gasteiger partial charge in [-0.25, -0.2) is 4.98 Å². The van der Waals surface area contributed by atoms with Gasteiger partial charge in [-0.3, -0.25) is 4.79 Å². The number of carbonyl (C=O) groups excluding carboxylic acids is 1. The number of rotatable bonds is 3. The predicted molar refractivity (Wildman–Crippen MR) is 137 cm³/mol. The van der Waals surface area contributed by atoms with Crippen molar-refractivity contribution in [1.82, 2.24) is 14.9 Å². The van der Waals surface area contributed by atoms with E-state index in [1.807, 2.05) is 6.92 Å². The van der Waals surface area contributed by atoms with Crippen molar-refractivity contribution in [1.29, 1.82) is 0 Å². The Balaban J connectivity index is 1.32. The number of aromatic nitrogens is 2. The Morgan fingerprint density at radius 1 is 1.12 bits per heavy atom. The summed E-state index contributed by atoms with van der Waals surface area (Å²) in [5.41, 5.74) is 5.66. The van der Waals surface area contributed by atoms with Gasteiger partial charge in [0.15, 0.2) is 0 Å². The molecule has 1 N–H and O–H groups in total. The van der Waals surface area contributed by atoms with Gasteiger partial charge in [0.1, 0.15) is 11.6 Å². The molecule has 3 heterocycles. The Hall–Kier alpha value is -2.82. The number of ether oxygens (including phenoxy) is 1. The summed E-state index contributed by atoms with van der Waals surface area (Å²) in [7, 11) is 0. The van der Waals surface area contributed by atoms with Gasteiger partial charge in [-0.05, 0) is 98.2 Å². The predicted octanol–water partition coefficient (Wildman–Crippen LogP) is 6.15. The van der Waals surface area contributed by atoms with Crippen molar-refractivity contribution >= 4 is 16.9 Å². The second-order valence-electron chi connectivity index (χ2n) is 10.7. The third-order valence-electron chi connectivity index (χ3n) is 7.98. The maximum Gasteiger partial charge on any atom is 0.223 e. The molecule has 5 heteroatoms. The number of likely N-dealkylation sites (tertiary alicyclic amines) is 1. The average Bonchev–Trinajstić information content (AvgIpc) is 3.17. The Bertz CT molecular complexity index is 1180. The first kappa shape index (κ1) is 22.9. The van der Waals surface area contributed by atoms with Crippen LogP contribution in [-0.4, -0.2) is 40.0 Å². The summed E-state index contributed by atoms with van der Waals surface area (Å²) >= 11 is 0. The van der Waals surface area contributed by atoms with E-state index < -0.39 is 0 Å². The van der Waals surface area contributed by atoms with E-state index in [0.29, 0.717) is 36.8 Å². The first-order chi connectivity index (χ1) is 16.4. The van der Waals surface area contributed by atoms with Crippen molar-refractivity contribution < 1.29 is 9.53 Å². The number of H-pyrrole nitrogens is 1. The van der Waals surface area contributed by atoms with E-state index >= 15 is 0 Å². The number of amides is 1. The fraction of sp³-hybridized carbons (Fsp3) is 0.517. The van der Waals surface area contributed by atoms with Gasteiger partial charge < -0.3 is 14.6 Å². The van der Waals surface area contributed by atoms with Crippen molar-refractivity contribution in [3.63, 3.8) is 0 Å². The molecule has 0 saturated carbocycles. The van der Waals surface area contributed by atoms with Crippen LogP contribution in [0.2, 0.25) is 0 Å². The van der Waals surface area contributed by atoms with E-state index in [4.69, 9.17) is 4.74 Å². The topological polar surface area (TPSA) is 58.2 Å². The van der Waals surface area contributed by atoms with Crippen LogP contribution in [0.25, 0.3) is 22.2 Å². The van der Waals surface area contributed by atoms with E-state index in [0.717, 1.165) is 60.8 Å². The summed E-state index contributed by atoms with van der Waals surface area (Å²) < 4.78 is 6.19. The number of fused-ring (bicyclic) bond motifs is 2. The number of aryl methyl sites for hydroxylation is 1. The first-order valence-electron chi connectivity index (χ1n) is 12.9. The minimum absolute atomic E-state index is 0.328. The molecule has 1 fully saturated rings. The van der Waals surface area contributed by atoms with E-state index in [1.165, 1.54) is 16.7 Å². The molecule has 4 unspecified atom stereocenters. The lowest BCUT2D eigenvalue weighted by Gasteiger charge is -2.38. The normalized spacial score (nSPS) is 25.4. The minimum Gasteiger partial charge on any atom is -0.493 e. The van der Waals surface area contributed by atoms with Crippen LogP contribution in [0.1, 0.15) is 57.8 Å². The van der Waals surface area contributed by atoms with Crippen LogP contribution in [0.3, 0.4) is 0 Å². The van der Waals surface area contributed by atoms with Crippen LogP contribution in [0.4, 0.5) is 0 Å². The third-order valence-corrected chi connectivity index (χ3v) is 7.98. The van der Waals surface area contributed by atoms with Gasteiger partial charge >= 0.3 is 0 Å². The van der Waals surface area contributed by atoms with Crippen molar-refractivity contribution in [3.8, 4) is 16.9 Å².